The highest BCUT2D eigenvalue weighted by molar-refractivity contribution is 14.1. The highest BCUT2D eigenvalue weighted by atomic mass is 127. The van der Waals surface area contributed by atoms with Crippen molar-refractivity contribution in [2.75, 3.05) is 6.61 Å². The van der Waals surface area contributed by atoms with Crippen LogP contribution < -0.4 is 0 Å². The Labute approximate surface area is 85.2 Å². The monoisotopic (exact) mass is 278 g/mol. The average molecular weight is 278 g/mol. The van der Waals surface area contributed by atoms with Crippen LogP contribution in [-0.4, -0.2) is 16.4 Å². The van der Waals surface area contributed by atoms with Gasteiger partial charge in [-0.15, -0.1) is 0 Å². The van der Waals surface area contributed by atoms with E-state index in [9.17, 15) is 0 Å². The lowest BCUT2D eigenvalue weighted by atomic mass is 10.3. The minimum absolute atomic E-state index is 0.727. The van der Waals surface area contributed by atoms with Crippen molar-refractivity contribution in [3.05, 3.63) is 15.0 Å². The van der Waals surface area contributed by atoms with Crippen LogP contribution in [0.2, 0.25) is 0 Å². The Bertz CT molecular complexity index is 295. The number of ether oxygens (including phenoxy) is 1. The first-order valence-corrected chi connectivity index (χ1v) is 5.22. The van der Waals surface area contributed by atoms with Crippen LogP contribution in [0.3, 0.4) is 0 Å². The number of hydrogen-bond acceptors (Lipinski definition) is 2. The van der Waals surface area contributed by atoms with Crippen molar-refractivity contribution in [3.8, 4) is 0 Å². The summed E-state index contributed by atoms with van der Waals surface area (Å²) in [4.78, 5) is 0. The number of rotatable bonds is 1. The molecule has 1 aliphatic rings. The normalized spacial score (nSPS) is 16.2. The summed E-state index contributed by atoms with van der Waals surface area (Å²) in [6.07, 6.45) is 1.01. The molecule has 0 aliphatic carbocycles. The Balaban J connectivity index is 2.44. The Hall–Kier alpha value is -0.100. The van der Waals surface area contributed by atoms with Gasteiger partial charge in [-0.1, -0.05) is 6.92 Å². The van der Waals surface area contributed by atoms with Gasteiger partial charge in [-0.05, 0) is 29.0 Å². The average Bonchev–Trinajstić information content (AvgIpc) is 2.44. The summed E-state index contributed by atoms with van der Waals surface area (Å²) in [6.45, 7) is 4.57. The molecule has 0 aromatic carbocycles. The number of hydrogen-bond donors (Lipinski definition) is 0. The van der Waals surface area contributed by atoms with Gasteiger partial charge in [-0.25, -0.2) is 0 Å². The van der Waals surface area contributed by atoms with E-state index in [2.05, 4.69) is 39.3 Å². The van der Waals surface area contributed by atoms with Crippen molar-refractivity contribution in [3.63, 3.8) is 0 Å². The number of fused-ring (bicyclic) bond motifs is 1. The fourth-order valence-corrected chi connectivity index (χ4v) is 2.32. The molecule has 12 heavy (non-hydrogen) atoms. The Morgan fingerprint density at radius 2 is 2.50 bits per heavy atom. The third kappa shape index (κ3) is 1.26. The van der Waals surface area contributed by atoms with E-state index in [1.807, 2.05) is 0 Å². The van der Waals surface area contributed by atoms with E-state index in [4.69, 9.17) is 4.74 Å². The molecule has 1 aromatic heterocycles. The van der Waals surface area contributed by atoms with Crippen LogP contribution in [0.4, 0.5) is 0 Å². The zero-order valence-corrected chi connectivity index (χ0v) is 9.17. The first kappa shape index (κ1) is 8.50. The van der Waals surface area contributed by atoms with Crippen LogP contribution in [0.15, 0.2) is 0 Å². The maximum absolute atomic E-state index is 5.37. The molecule has 4 heteroatoms. The molecular weight excluding hydrogens is 267 g/mol. The predicted octanol–water partition coefficient (Wildman–Crippen LogP) is 1.58. The van der Waals surface area contributed by atoms with Crippen molar-refractivity contribution in [2.24, 2.45) is 0 Å². The molecule has 0 N–H and O–H groups in total. The largest absolute Gasteiger partial charge is 0.373 e. The van der Waals surface area contributed by atoms with E-state index in [1.54, 1.807) is 0 Å². The lowest BCUT2D eigenvalue weighted by molar-refractivity contribution is 0.0794. The second-order valence-electron chi connectivity index (χ2n) is 2.84. The van der Waals surface area contributed by atoms with E-state index in [1.165, 1.54) is 15.0 Å². The van der Waals surface area contributed by atoms with E-state index < -0.39 is 0 Å². The number of halogens is 1. The molecule has 0 spiro atoms. The molecule has 0 unspecified atom stereocenters. The first-order valence-electron chi connectivity index (χ1n) is 4.14. The Morgan fingerprint density at radius 1 is 1.67 bits per heavy atom. The standard InChI is InChI=1S/C8H11IN2O/c1-2-6-8(9)7-5-12-4-3-11(7)10-6/h2-5H2,1H3. The third-order valence-electron chi connectivity index (χ3n) is 2.08. The quantitative estimate of drug-likeness (QED) is 0.729. The van der Waals surface area contributed by atoms with E-state index in [-0.39, 0.29) is 0 Å². The smallest absolute Gasteiger partial charge is 0.0896 e. The SMILES string of the molecule is CCc1nn2c(c1I)COCC2. The molecule has 0 bridgehead atoms. The highest BCUT2D eigenvalue weighted by Crippen LogP contribution is 2.20. The summed E-state index contributed by atoms with van der Waals surface area (Å²) in [5.41, 5.74) is 2.45. The second-order valence-corrected chi connectivity index (χ2v) is 3.92. The molecule has 1 aromatic rings. The lowest BCUT2D eigenvalue weighted by Crippen LogP contribution is -2.17. The van der Waals surface area contributed by atoms with Gasteiger partial charge in [-0.2, -0.15) is 5.10 Å². The van der Waals surface area contributed by atoms with Crippen molar-refractivity contribution >= 4 is 22.6 Å². The third-order valence-corrected chi connectivity index (χ3v) is 3.33. The van der Waals surface area contributed by atoms with Crippen molar-refractivity contribution < 1.29 is 4.74 Å². The van der Waals surface area contributed by atoms with Gasteiger partial charge in [0, 0.05) is 0 Å². The number of aryl methyl sites for hydroxylation is 1. The second kappa shape index (κ2) is 3.33. The van der Waals surface area contributed by atoms with Gasteiger partial charge in [0.05, 0.1) is 34.7 Å². The number of aromatic nitrogens is 2. The molecule has 2 heterocycles. The first-order chi connectivity index (χ1) is 5.83. The van der Waals surface area contributed by atoms with Crippen LogP contribution in [0.5, 0.6) is 0 Å². The molecule has 2 rings (SSSR count). The van der Waals surface area contributed by atoms with Crippen molar-refractivity contribution in [1.82, 2.24) is 9.78 Å². The van der Waals surface area contributed by atoms with E-state index in [0.717, 1.165) is 26.2 Å². The molecule has 0 saturated carbocycles. The molecular formula is C8H11IN2O. The molecule has 0 atom stereocenters. The molecule has 66 valence electrons. The minimum Gasteiger partial charge on any atom is -0.373 e. The van der Waals surface area contributed by atoms with Gasteiger partial charge < -0.3 is 4.74 Å². The zero-order chi connectivity index (χ0) is 8.55. The summed E-state index contributed by atoms with van der Waals surface area (Å²) < 4.78 is 8.73. The van der Waals surface area contributed by atoms with Gasteiger partial charge in [0.25, 0.3) is 0 Å². The van der Waals surface area contributed by atoms with E-state index >= 15 is 0 Å². The Kier molecular flexibility index (Phi) is 2.36. The van der Waals surface area contributed by atoms with Crippen molar-refractivity contribution in [2.45, 2.75) is 26.5 Å². The van der Waals surface area contributed by atoms with Crippen LogP contribution in [0, 0.1) is 3.57 Å². The fraction of sp³-hybridized carbons (Fsp3) is 0.625. The van der Waals surface area contributed by atoms with Gasteiger partial charge in [0.1, 0.15) is 0 Å². The van der Waals surface area contributed by atoms with Gasteiger partial charge >= 0.3 is 0 Å². The lowest BCUT2D eigenvalue weighted by Gasteiger charge is -2.13. The van der Waals surface area contributed by atoms with Crippen LogP contribution in [0.25, 0.3) is 0 Å². The summed E-state index contributed by atoms with van der Waals surface area (Å²) >= 11 is 2.36. The predicted molar refractivity (Wildman–Crippen MR) is 54.0 cm³/mol. The molecule has 0 saturated heterocycles. The Morgan fingerprint density at radius 3 is 3.17 bits per heavy atom. The summed E-state index contributed by atoms with van der Waals surface area (Å²) in [6, 6.07) is 0. The summed E-state index contributed by atoms with van der Waals surface area (Å²) in [7, 11) is 0. The maximum atomic E-state index is 5.37. The molecule has 0 radical (unpaired) electrons. The molecule has 3 nitrogen and oxygen atoms in total. The zero-order valence-electron chi connectivity index (χ0n) is 7.01. The van der Waals surface area contributed by atoms with E-state index in [0.29, 0.717) is 0 Å². The van der Waals surface area contributed by atoms with Crippen LogP contribution >= 0.6 is 22.6 Å². The van der Waals surface area contributed by atoms with Crippen molar-refractivity contribution in [1.29, 1.82) is 0 Å². The van der Waals surface area contributed by atoms with Crippen LogP contribution in [-0.2, 0) is 24.3 Å². The van der Waals surface area contributed by atoms with Gasteiger partial charge in [0.2, 0.25) is 0 Å². The van der Waals surface area contributed by atoms with Crippen LogP contribution in [0.1, 0.15) is 18.3 Å². The maximum Gasteiger partial charge on any atom is 0.0896 e. The van der Waals surface area contributed by atoms with Gasteiger partial charge in [0.15, 0.2) is 0 Å². The van der Waals surface area contributed by atoms with Gasteiger partial charge in [-0.3, -0.25) is 4.68 Å². The topological polar surface area (TPSA) is 27.1 Å². The highest BCUT2D eigenvalue weighted by Gasteiger charge is 2.17. The minimum atomic E-state index is 0.727. The number of nitrogens with zero attached hydrogens (tertiary/aromatic N) is 2. The summed E-state index contributed by atoms with van der Waals surface area (Å²) in [5, 5.41) is 4.50. The fourth-order valence-electron chi connectivity index (χ4n) is 1.40. The molecule has 1 aliphatic heterocycles. The molecule has 0 fully saturated rings. The molecule has 0 amide bonds. The summed E-state index contributed by atoms with van der Waals surface area (Å²) in [5.74, 6) is 0.